The van der Waals surface area contributed by atoms with Gasteiger partial charge in [0.1, 0.15) is 5.82 Å². The topological polar surface area (TPSA) is 50.9 Å². The molecule has 1 heterocycles. The molecular formula is C11H19N3. The Morgan fingerprint density at radius 1 is 1.43 bits per heavy atom. The van der Waals surface area contributed by atoms with Crippen molar-refractivity contribution in [2.45, 2.75) is 33.7 Å². The summed E-state index contributed by atoms with van der Waals surface area (Å²) >= 11 is 0. The van der Waals surface area contributed by atoms with E-state index in [0.29, 0.717) is 11.7 Å². The van der Waals surface area contributed by atoms with E-state index in [4.69, 9.17) is 5.73 Å². The van der Waals surface area contributed by atoms with Gasteiger partial charge >= 0.3 is 0 Å². The molecule has 3 heteroatoms. The molecule has 1 rings (SSSR count). The minimum Gasteiger partial charge on any atom is -0.396 e. The Labute approximate surface area is 85.7 Å². The Bertz CT molecular complexity index is 302. The minimum atomic E-state index is 0.198. The van der Waals surface area contributed by atoms with E-state index in [9.17, 15) is 0 Å². The predicted octanol–water partition coefficient (Wildman–Crippen LogP) is 2.51. The summed E-state index contributed by atoms with van der Waals surface area (Å²) in [5.74, 6) is 0.773. The number of hydrogen-bond acceptors (Lipinski definition) is 3. The van der Waals surface area contributed by atoms with Crippen LogP contribution < -0.4 is 11.1 Å². The van der Waals surface area contributed by atoms with Crippen molar-refractivity contribution in [2.24, 2.45) is 5.41 Å². The van der Waals surface area contributed by atoms with Gasteiger partial charge in [0.2, 0.25) is 0 Å². The first kappa shape index (κ1) is 10.8. The van der Waals surface area contributed by atoms with Crippen LogP contribution in [-0.2, 0) is 0 Å². The first-order valence-corrected chi connectivity index (χ1v) is 4.88. The lowest BCUT2D eigenvalue weighted by atomic mass is 9.88. The molecule has 0 saturated heterocycles. The van der Waals surface area contributed by atoms with Crippen LogP contribution in [0.25, 0.3) is 0 Å². The number of nitrogens with two attached hydrogens (primary N) is 1. The monoisotopic (exact) mass is 193 g/mol. The highest BCUT2D eigenvalue weighted by molar-refractivity contribution is 5.60. The summed E-state index contributed by atoms with van der Waals surface area (Å²) in [5, 5.41) is 3.31. The van der Waals surface area contributed by atoms with Crippen molar-refractivity contribution in [2.75, 3.05) is 11.1 Å². The van der Waals surface area contributed by atoms with Crippen molar-refractivity contribution in [3.63, 3.8) is 0 Å². The molecule has 3 nitrogen and oxygen atoms in total. The lowest BCUT2D eigenvalue weighted by Crippen LogP contribution is -2.31. The van der Waals surface area contributed by atoms with E-state index in [1.54, 1.807) is 6.20 Å². The van der Waals surface area contributed by atoms with Gasteiger partial charge in [-0.05, 0) is 24.5 Å². The van der Waals surface area contributed by atoms with Crippen molar-refractivity contribution >= 4 is 11.5 Å². The summed E-state index contributed by atoms with van der Waals surface area (Å²) in [7, 11) is 0. The van der Waals surface area contributed by atoms with Gasteiger partial charge in [-0.2, -0.15) is 0 Å². The van der Waals surface area contributed by atoms with Crippen LogP contribution in [0, 0.1) is 5.41 Å². The molecule has 0 spiro atoms. The Balaban J connectivity index is 2.75. The van der Waals surface area contributed by atoms with E-state index in [1.807, 2.05) is 12.1 Å². The number of rotatable bonds is 2. The summed E-state index contributed by atoms with van der Waals surface area (Å²) in [6.45, 7) is 8.69. The largest absolute Gasteiger partial charge is 0.396 e. The van der Waals surface area contributed by atoms with Crippen LogP contribution in [0.3, 0.4) is 0 Å². The number of nitrogen functional groups attached to an aromatic ring is 1. The maximum Gasteiger partial charge on any atom is 0.149 e. The molecule has 0 bridgehead atoms. The van der Waals surface area contributed by atoms with Crippen molar-refractivity contribution in [3.05, 3.63) is 18.3 Å². The van der Waals surface area contributed by atoms with E-state index in [-0.39, 0.29) is 5.41 Å². The standard InChI is InChI=1S/C11H19N3/c1-8(11(2,3)4)14-10-9(12)6-5-7-13-10/h5-8H,12H2,1-4H3,(H,13,14). The van der Waals surface area contributed by atoms with Gasteiger partial charge in [-0.25, -0.2) is 4.98 Å². The average molecular weight is 193 g/mol. The summed E-state index contributed by atoms with van der Waals surface area (Å²) in [6, 6.07) is 4.02. The van der Waals surface area contributed by atoms with Gasteiger partial charge in [-0.1, -0.05) is 20.8 Å². The molecule has 0 saturated carbocycles. The second kappa shape index (κ2) is 3.86. The third-order valence-corrected chi connectivity index (χ3v) is 2.49. The van der Waals surface area contributed by atoms with Gasteiger partial charge in [-0.3, -0.25) is 0 Å². The molecule has 1 atom stereocenters. The van der Waals surface area contributed by atoms with Gasteiger partial charge in [-0.15, -0.1) is 0 Å². The summed E-state index contributed by atoms with van der Waals surface area (Å²) < 4.78 is 0. The fraction of sp³-hybridized carbons (Fsp3) is 0.545. The average Bonchev–Trinajstić information content (AvgIpc) is 2.07. The fourth-order valence-electron chi connectivity index (χ4n) is 0.960. The number of anilines is 2. The van der Waals surface area contributed by atoms with Crippen LogP contribution >= 0.6 is 0 Å². The highest BCUT2D eigenvalue weighted by Gasteiger charge is 2.20. The Morgan fingerprint density at radius 3 is 2.57 bits per heavy atom. The summed E-state index contributed by atoms with van der Waals surface area (Å²) in [6.07, 6.45) is 1.74. The molecule has 14 heavy (non-hydrogen) atoms. The van der Waals surface area contributed by atoms with Crippen molar-refractivity contribution in [1.82, 2.24) is 4.98 Å². The van der Waals surface area contributed by atoms with Crippen LogP contribution in [-0.4, -0.2) is 11.0 Å². The number of nitrogens with one attached hydrogen (secondary N) is 1. The Hall–Kier alpha value is -1.25. The van der Waals surface area contributed by atoms with Gasteiger partial charge in [0, 0.05) is 12.2 Å². The van der Waals surface area contributed by atoms with E-state index < -0.39 is 0 Å². The molecule has 0 amide bonds. The van der Waals surface area contributed by atoms with Gasteiger partial charge in [0.05, 0.1) is 5.69 Å². The molecule has 3 N–H and O–H groups in total. The van der Waals surface area contributed by atoms with Crippen LogP contribution in [0.15, 0.2) is 18.3 Å². The number of aromatic nitrogens is 1. The number of pyridine rings is 1. The molecule has 0 aliphatic rings. The molecule has 0 aliphatic heterocycles. The number of hydrogen-bond donors (Lipinski definition) is 2. The van der Waals surface area contributed by atoms with Crippen LogP contribution in [0.4, 0.5) is 11.5 Å². The van der Waals surface area contributed by atoms with Crippen molar-refractivity contribution in [3.8, 4) is 0 Å². The van der Waals surface area contributed by atoms with E-state index in [1.165, 1.54) is 0 Å². The molecule has 1 unspecified atom stereocenters. The van der Waals surface area contributed by atoms with E-state index >= 15 is 0 Å². The molecular weight excluding hydrogens is 174 g/mol. The fourth-order valence-corrected chi connectivity index (χ4v) is 0.960. The van der Waals surface area contributed by atoms with E-state index in [2.05, 4.69) is 38.0 Å². The van der Waals surface area contributed by atoms with Crippen LogP contribution in [0.5, 0.6) is 0 Å². The Morgan fingerprint density at radius 2 is 2.07 bits per heavy atom. The van der Waals surface area contributed by atoms with Gasteiger partial charge < -0.3 is 11.1 Å². The highest BCUT2D eigenvalue weighted by atomic mass is 15.0. The number of nitrogens with zero attached hydrogens (tertiary/aromatic N) is 1. The highest BCUT2D eigenvalue weighted by Crippen LogP contribution is 2.23. The molecule has 0 aliphatic carbocycles. The molecule has 1 aromatic heterocycles. The third-order valence-electron chi connectivity index (χ3n) is 2.49. The lowest BCUT2D eigenvalue weighted by Gasteiger charge is -2.28. The molecule has 0 fully saturated rings. The first-order chi connectivity index (χ1) is 6.41. The maximum atomic E-state index is 5.79. The molecule has 0 radical (unpaired) electrons. The van der Waals surface area contributed by atoms with Gasteiger partial charge in [0.25, 0.3) is 0 Å². The Kier molecular flexibility index (Phi) is 2.99. The molecule has 0 aromatic carbocycles. The van der Waals surface area contributed by atoms with Crippen LogP contribution in [0.2, 0.25) is 0 Å². The maximum absolute atomic E-state index is 5.79. The quantitative estimate of drug-likeness (QED) is 0.758. The van der Waals surface area contributed by atoms with Crippen molar-refractivity contribution in [1.29, 1.82) is 0 Å². The second-order valence-corrected chi connectivity index (χ2v) is 4.67. The molecule has 1 aromatic rings. The summed E-state index contributed by atoms with van der Waals surface area (Å²) in [4.78, 5) is 4.20. The SMILES string of the molecule is CC(Nc1ncccc1N)C(C)(C)C. The first-order valence-electron chi connectivity index (χ1n) is 4.88. The zero-order valence-corrected chi connectivity index (χ0v) is 9.33. The smallest absolute Gasteiger partial charge is 0.149 e. The molecule has 78 valence electrons. The second-order valence-electron chi connectivity index (χ2n) is 4.67. The van der Waals surface area contributed by atoms with E-state index in [0.717, 1.165) is 5.82 Å². The van der Waals surface area contributed by atoms with Crippen LogP contribution in [0.1, 0.15) is 27.7 Å². The lowest BCUT2D eigenvalue weighted by molar-refractivity contribution is 0.359. The third kappa shape index (κ3) is 2.62. The predicted molar refractivity (Wildman–Crippen MR) is 61.2 cm³/mol. The minimum absolute atomic E-state index is 0.198. The zero-order valence-electron chi connectivity index (χ0n) is 9.33. The van der Waals surface area contributed by atoms with Gasteiger partial charge in [0.15, 0.2) is 0 Å². The zero-order chi connectivity index (χ0) is 10.8. The van der Waals surface area contributed by atoms with Crippen molar-refractivity contribution < 1.29 is 0 Å². The normalized spacial score (nSPS) is 13.7. The summed E-state index contributed by atoms with van der Waals surface area (Å²) in [5.41, 5.74) is 6.68.